The highest BCUT2D eigenvalue weighted by Crippen LogP contribution is 2.13. The first-order chi connectivity index (χ1) is 13.7. The molecule has 0 aliphatic carbocycles. The van der Waals surface area contributed by atoms with E-state index in [0.29, 0.717) is 32.9 Å². The summed E-state index contributed by atoms with van der Waals surface area (Å²) < 4.78 is 16.3. The molecule has 28 heavy (non-hydrogen) atoms. The molecule has 152 valence electrons. The zero-order chi connectivity index (χ0) is 20.0. The zero-order valence-corrected chi connectivity index (χ0v) is 17.0. The molecule has 0 unspecified atom stereocenters. The van der Waals surface area contributed by atoms with Crippen LogP contribution in [0.4, 0.5) is 0 Å². The molecular formula is C22H31N3O3. The topological polar surface area (TPSA) is 64.1 Å². The van der Waals surface area contributed by atoms with Crippen LogP contribution in [0.15, 0.2) is 53.5 Å². The lowest BCUT2D eigenvalue weighted by Gasteiger charge is -2.12. The van der Waals surface area contributed by atoms with Gasteiger partial charge in [0.2, 0.25) is 0 Å². The van der Waals surface area contributed by atoms with Crippen molar-refractivity contribution >= 4 is 5.96 Å². The first-order valence-corrected chi connectivity index (χ1v) is 9.63. The van der Waals surface area contributed by atoms with Crippen LogP contribution in [0.3, 0.4) is 0 Å². The average molecular weight is 386 g/mol. The van der Waals surface area contributed by atoms with E-state index < -0.39 is 0 Å². The second-order valence-electron chi connectivity index (χ2n) is 6.27. The highest BCUT2D eigenvalue weighted by atomic mass is 16.5. The largest absolute Gasteiger partial charge is 0.492 e. The first kappa shape index (κ1) is 21.6. The van der Waals surface area contributed by atoms with E-state index in [1.807, 2.05) is 55.5 Å². The molecule has 0 amide bonds. The summed E-state index contributed by atoms with van der Waals surface area (Å²) in [7, 11) is 1.66. The van der Waals surface area contributed by atoms with E-state index in [-0.39, 0.29) is 0 Å². The maximum Gasteiger partial charge on any atom is 0.191 e. The minimum absolute atomic E-state index is 0.549. The molecule has 0 heterocycles. The molecule has 0 saturated carbocycles. The van der Waals surface area contributed by atoms with Crippen molar-refractivity contribution in [2.45, 2.75) is 20.4 Å². The molecule has 0 aromatic heterocycles. The van der Waals surface area contributed by atoms with Gasteiger partial charge < -0.3 is 24.8 Å². The van der Waals surface area contributed by atoms with E-state index in [0.717, 1.165) is 29.6 Å². The van der Waals surface area contributed by atoms with Gasteiger partial charge in [0, 0.05) is 13.7 Å². The van der Waals surface area contributed by atoms with Crippen molar-refractivity contribution < 1.29 is 14.2 Å². The van der Waals surface area contributed by atoms with Crippen LogP contribution >= 0.6 is 0 Å². The van der Waals surface area contributed by atoms with Crippen LogP contribution in [-0.2, 0) is 11.3 Å². The Balaban J connectivity index is 1.76. The summed E-state index contributed by atoms with van der Waals surface area (Å²) in [6, 6.07) is 16.0. The summed E-state index contributed by atoms with van der Waals surface area (Å²) in [5.41, 5.74) is 2.34. The van der Waals surface area contributed by atoms with E-state index in [1.54, 1.807) is 7.11 Å². The Hall–Kier alpha value is -2.73. The Morgan fingerprint density at radius 3 is 2.14 bits per heavy atom. The van der Waals surface area contributed by atoms with E-state index in [2.05, 4.69) is 22.5 Å². The van der Waals surface area contributed by atoms with Crippen molar-refractivity contribution in [3.63, 3.8) is 0 Å². The van der Waals surface area contributed by atoms with Crippen LogP contribution in [0.2, 0.25) is 0 Å². The number of methoxy groups -OCH3 is 1. The van der Waals surface area contributed by atoms with Gasteiger partial charge in [0.05, 0.1) is 19.7 Å². The van der Waals surface area contributed by atoms with Gasteiger partial charge in [0.1, 0.15) is 24.7 Å². The highest BCUT2D eigenvalue weighted by Gasteiger charge is 2.00. The van der Waals surface area contributed by atoms with E-state index >= 15 is 0 Å². The van der Waals surface area contributed by atoms with Gasteiger partial charge in [-0.25, -0.2) is 4.99 Å². The minimum Gasteiger partial charge on any atom is -0.492 e. The fourth-order valence-electron chi connectivity index (χ4n) is 2.42. The molecule has 0 atom stereocenters. The summed E-state index contributed by atoms with van der Waals surface area (Å²) in [6.45, 7) is 7.87. The summed E-state index contributed by atoms with van der Waals surface area (Å²) in [5, 5.41) is 6.54. The Labute approximate surface area is 167 Å². The smallest absolute Gasteiger partial charge is 0.191 e. The molecule has 0 aliphatic rings. The van der Waals surface area contributed by atoms with Crippen molar-refractivity contribution in [2.75, 3.05) is 40.0 Å². The molecule has 2 aromatic carbocycles. The number of aryl methyl sites for hydroxylation is 1. The number of benzene rings is 2. The SMILES string of the molecule is CCNC(=NCc1ccc(OCCOC)cc1)NCCOc1ccc(C)cc1. The Bertz CT molecular complexity index is 700. The summed E-state index contributed by atoms with van der Waals surface area (Å²) in [4.78, 5) is 4.62. The number of rotatable bonds is 11. The fraction of sp³-hybridized carbons (Fsp3) is 0.409. The zero-order valence-electron chi connectivity index (χ0n) is 17.0. The van der Waals surface area contributed by atoms with E-state index in [4.69, 9.17) is 14.2 Å². The average Bonchev–Trinajstić information content (AvgIpc) is 2.72. The van der Waals surface area contributed by atoms with Gasteiger partial charge in [-0.1, -0.05) is 29.8 Å². The lowest BCUT2D eigenvalue weighted by molar-refractivity contribution is 0.146. The van der Waals surface area contributed by atoms with Gasteiger partial charge in [0.15, 0.2) is 5.96 Å². The lowest BCUT2D eigenvalue weighted by Crippen LogP contribution is -2.39. The van der Waals surface area contributed by atoms with Crippen LogP contribution in [0.5, 0.6) is 11.5 Å². The van der Waals surface area contributed by atoms with Gasteiger partial charge in [-0.3, -0.25) is 0 Å². The molecule has 2 aromatic rings. The quantitative estimate of drug-likeness (QED) is 0.353. The Morgan fingerprint density at radius 1 is 0.857 bits per heavy atom. The lowest BCUT2D eigenvalue weighted by atomic mass is 10.2. The summed E-state index contributed by atoms with van der Waals surface area (Å²) in [5.74, 6) is 2.49. The third-order valence-corrected chi connectivity index (χ3v) is 3.93. The Kier molecular flexibility index (Phi) is 9.72. The standard InChI is InChI=1S/C22H31N3O3/c1-4-23-22(24-13-14-27-20-9-5-18(2)6-10-20)25-17-19-7-11-21(12-8-19)28-16-15-26-3/h5-12H,4,13-17H2,1-3H3,(H2,23,24,25). The first-order valence-electron chi connectivity index (χ1n) is 9.63. The molecule has 0 aliphatic heterocycles. The predicted molar refractivity (Wildman–Crippen MR) is 113 cm³/mol. The molecule has 2 rings (SSSR count). The molecule has 0 radical (unpaired) electrons. The fourth-order valence-corrected chi connectivity index (χ4v) is 2.42. The maximum atomic E-state index is 5.74. The summed E-state index contributed by atoms with van der Waals surface area (Å²) >= 11 is 0. The number of hydrogen-bond acceptors (Lipinski definition) is 4. The third-order valence-electron chi connectivity index (χ3n) is 3.93. The number of ether oxygens (including phenoxy) is 3. The molecule has 0 fully saturated rings. The third kappa shape index (κ3) is 8.31. The number of nitrogens with zero attached hydrogens (tertiary/aromatic N) is 1. The second-order valence-corrected chi connectivity index (χ2v) is 6.27. The van der Waals surface area contributed by atoms with Crippen molar-refractivity contribution in [1.82, 2.24) is 10.6 Å². The van der Waals surface area contributed by atoms with Gasteiger partial charge >= 0.3 is 0 Å². The van der Waals surface area contributed by atoms with E-state index in [1.165, 1.54) is 5.56 Å². The molecule has 0 saturated heterocycles. The summed E-state index contributed by atoms with van der Waals surface area (Å²) in [6.07, 6.45) is 0. The molecule has 0 spiro atoms. The minimum atomic E-state index is 0.549. The molecule has 6 nitrogen and oxygen atoms in total. The highest BCUT2D eigenvalue weighted by molar-refractivity contribution is 5.79. The number of aliphatic imine (C=N–C) groups is 1. The van der Waals surface area contributed by atoms with Crippen molar-refractivity contribution in [3.05, 3.63) is 59.7 Å². The van der Waals surface area contributed by atoms with Gasteiger partial charge in [-0.05, 0) is 43.7 Å². The van der Waals surface area contributed by atoms with Crippen molar-refractivity contribution in [1.29, 1.82) is 0 Å². The van der Waals surface area contributed by atoms with E-state index in [9.17, 15) is 0 Å². The van der Waals surface area contributed by atoms with Crippen LogP contribution in [-0.4, -0.2) is 46.0 Å². The predicted octanol–water partition coefficient (Wildman–Crippen LogP) is 3.15. The van der Waals surface area contributed by atoms with Crippen LogP contribution in [0.1, 0.15) is 18.1 Å². The van der Waals surface area contributed by atoms with Gasteiger partial charge in [0.25, 0.3) is 0 Å². The van der Waals surface area contributed by atoms with Crippen LogP contribution in [0.25, 0.3) is 0 Å². The maximum absolute atomic E-state index is 5.74. The number of guanidine groups is 1. The van der Waals surface area contributed by atoms with Gasteiger partial charge in [-0.2, -0.15) is 0 Å². The number of nitrogens with one attached hydrogen (secondary N) is 2. The van der Waals surface area contributed by atoms with Crippen LogP contribution < -0.4 is 20.1 Å². The molecule has 6 heteroatoms. The van der Waals surface area contributed by atoms with Crippen molar-refractivity contribution in [2.24, 2.45) is 4.99 Å². The number of hydrogen-bond donors (Lipinski definition) is 2. The van der Waals surface area contributed by atoms with Crippen LogP contribution in [0, 0.1) is 6.92 Å². The van der Waals surface area contributed by atoms with Crippen molar-refractivity contribution in [3.8, 4) is 11.5 Å². The normalized spacial score (nSPS) is 11.2. The molecule has 0 bridgehead atoms. The second kappa shape index (κ2) is 12.6. The molecular weight excluding hydrogens is 354 g/mol. The van der Waals surface area contributed by atoms with Gasteiger partial charge in [-0.15, -0.1) is 0 Å². The Morgan fingerprint density at radius 2 is 1.50 bits per heavy atom. The monoisotopic (exact) mass is 385 g/mol. The molecule has 2 N–H and O–H groups in total.